The van der Waals surface area contributed by atoms with Crippen molar-refractivity contribution in [3.05, 3.63) is 18.1 Å². The van der Waals surface area contributed by atoms with Crippen molar-refractivity contribution >= 4 is 0 Å². The van der Waals surface area contributed by atoms with Gasteiger partial charge in [0, 0.05) is 24.7 Å². The van der Waals surface area contributed by atoms with Crippen molar-refractivity contribution in [1.82, 2.24) is 15.3 Å². The Balaban J connectivity index is 2.56. The van der Waals surface area contributed by atoms with E-state index in [0.29, 0.717) is 12.5 Å². The molecule has 72 valence electrons. The van der Waals surface area contributed by atoms with Crippen molar-refractivity contribution in [2.45, 2.75) is 13.3 Å². The molecule has 4 nitrogen and oxygen atoms in total. The molecule has 0 saturated heterocycles. The number of ether oxygens (including phenoxy) is 1. The molecule has 4 heteroatoms. The highest BCUT2D eigenvalue weighted by molar-refractivity contribution is 5.13. The molecular weight excluding hydrogens is 166 g/mol. The molecule has 1 heterocycles. The van der Waals surface area contributed by atoms with Gasteiger partial charge in [0.25, 0.3) is 0 Å². The van der Waals surface area contributed by atoms with Crippen LogP contribution in [0.25, 0.3) is 0 Å². The number of aromatic nitrogens is 2. The van der Waals surface area contributed by atoms with E-state index in [1.54, 1.807) is 0 Å². The largest absolute Gasteiger partial charge is 0.478 e. The van der Waals surface area contributed by atoms with E-state index in [-0.39, 0.29) is 0 Å². The standard InChI is InChI=1S/C9H15N3O/c1-3-13-9-6-8(4-5-10-2)11-7-12-9/h6-7,10H,3-5H2,1-2H3. The molecule has 1 aromatic heterocycles. The Morgan fingerprint density at radius 2 is 2.31 bits per heavy atom. The molecular formula is C9H15N3O. The summed E-state index contributed by atoms with van der Waals surface area (Å²) < 4.78 is 5.25. The number of hydrogen-bond acceptors (Lipinski definition) is 4. The minimum Gasteiger partial charge on any atom is -0.478 e. The van der Waals surface area contributed by atoms with Crippen LogP contribution in [0.3, 0.4) is 0 Å². The summed E-state index contributed by atoms with van der Waals surface area (Å²) in [5, 5.41) is 3.07. The van der Waals surface area contributed by atoms with Crippen molar-refractivity contribution in [3.63, 3.8) is 0 Å². The third kappa shape index (κ3) is 3.38. The first-order chi connectivity index (χ1) is 6.36. The molecule has 0 aliphatic carbocycles. The first kappa shape index (κ1) is 9.92. The zero-order valence-corrected chi connectivity index (χ0v) is 8.08. The van der Waals surface area contributed by atoms with Crippen LogP contribution in [0.2, 0.25) is 0 Å². The molecule has 1 aromatic rings. The van der Waals surface area contributed by atoms with Crippen LogP contribution in [0.1, 0.15) is 12.6 Å². The summed E-state index contributed by atoms with van der Waals surface area (Å²) in [5.74, 6) is 0.656. The summed E-state index contributed by atoms with van der Waals surface area (Å²) in [7, 11) is 1.92. The Hall–Kier alpha value is -1.16. The second-order valence-electron chi connectivity index (χ2n) is 2.63. The Kier molecular flexibility index (Phi) is 4.18. The van der Waals surface area contributed by atoms with Crippen molar-refractivity contribution in [1.29, 1.82) is 0 Å². The zero-order chi connectivity index (χ0) is 9.52. The highest BCUT2D eigenvalue weighted by atomic mass is 16.5. The first-order valence-electron chi connectivity index (χ1n) is 4.45. The third-order valence-electron chi connectivity index (χ3n) is 1.62. The van der Waals surface area contributed by atoms with Gasteiger partial charge in [0.1, 0.15) is 6.33 Å². The molecule has 13 heavy (non-hydrogen) atoms. The van der Waals surface area contributed by atoms with Gasteiger partial charge in [-0.25, -0.2) is 9.97 Å². The number of hydrogen-bond donors (Lipinski definition) is 1. The number of nitrogens with one attached hydrogen (secondary N) is 1. The summed E-state index contributed by atoms with van der Waals surface area (Å²) in [4.78, 5) is 8.11. The molecule has 0 amide bonds. The van der Waals surface area contributed by atoms with Crippen LogP contribution < -0.4 is 10.1 Å². The van der Waals surface area contributed by atoms with E-state index in [0.717, 1.165) is 18.7 Å². The maximum Gasteiger partial charge on any atom is 0.216 e. The van der Waals surface area contributed by atoms with Crippen molar-refractivity contribution in [2.24, 2.45) is 0 Å². The van der Waals surface area contributed by atoms with Crippen molar-refractivity contribution in [2.75, 3.05) is 20.2 Å². The average Bonchev–Trinajstić information content (AvgIpc) is 2.16. The van der Waals surface area contributed by atoms with Gasteiger partial charge in [-0.2, -0.15) is 0 Å². The second-order valence-corrected chi connectivity index (χ2v) is 2.63. The van der Waals surface area contributed by atoms with Gasteiger partial charge in [0.05, 0.1) is 6.61 Å². The fourth-order valence-corrected chi connectivity index (χ4v) is 0.994. The van der Waals surface area contributed by atoms with Gasteiger partial charge < -0.3 is 10.1 Å². The molecule has 0 unspecified atom stereocenters. The second kappa shape index (κ2) is 5.48. The van der Waals surface area contributed by atoms with Crippen molar-refractivity contribution in [3.8, 4) is 5.88 Å². The summed E-state index contributed by atoms with van der Waals surface area (Å²) >= 11 is 0. The Morgan fingerprint density at radius 1 is 1.46 bits per heavy atom. The Morgan fingerprint density at radius 3 is 3.00 bits per heavy atom. The molecule has 0 saturated carbocycles. The van der Waals surface area contributed by atoms with Crippen LogP contribution in [0, 0.1) is 0 Å². The lowest BCUT2D eigenvalue weighted by molar-refractivity contribution is 0.325. The van der Waals surface area contributed by atoms with E-state index >= 15 is 0 Å². The highest BCUT2D eigenvalue weighted by Crippen LogP contribution is 2.06. The van der Waals surface area contributed by atoms with Gasteiger partial charge in [0.15, 0.2) is 0 Å². The molecule has 0 fully saturated rings. The number of rotatable bonds is 5. The fraction of sp³-hybridized carbons (Fsp3) is 0.556. The molecule has 0 spiro atoms. The SMILES string of the molecule is CCOc1cc(CCNC)ncn1. The van der Waals surface area contributed by atoms with E-state index in [1.165, 1.54) is 6.33 Å². The maximum atomic E-state index is 5.25. The molecule has 0 aliphatic heterocycles. The maximum absolute atomic E-state index is 5.25. The van der Waals surface area contributed by atoms with Gasteiger partial charge >= 0.3 is 0 Å². The van der Waals surface area contributed by atoms with Gasteiger partial charge in [-0.05, 0) is 14.0 Å². The minimum atomic E-state index is 0.641. The topological polar surface area (TPSA) is 47.0 Å². The number of likely N-dealkylation sites (N-methyl/N-ethyl adjacent to an activating group) is 1. The monoisotopic (exact) mass is 181 g/mol. The lowest BCUT2D eigenvalue weighted by atomic mass is 10.3. The quantitative estimate of drug-likeness (QED) is 0.724. The van der Waals surface area contributed by atoms with Gasteiger partial charge in [-0.15, -0.1) is 0 Å². The lowest BCUT2D eigenvalue weighted by Crippen LogP contribution is -2.11. The normalized spacial score (nSPS) is 10.0. The molecule has 0 bridgehead atoms. The summed E-state index contributed by atoms with van der Waals surface area (Å²) in [5.41, 5.74) is 1.01. The van der Waals surface area contributed by atoms with E-state index in [2.05, 4.69) is 15.3 Å². The summed E-state index contributed by atoms with van der Waals surface area (Å²) in [6.07, 6.45) is 2.44. The number of nitrogens with zero attached hydrogens (tertiary/aromatic N) is 2. The van der Waals surface area contributed by atoms with E-state index in [4.69, 9.17) is 4.74 Å². The predicted octanol–water partition coefficient (Wildman–Crippen LogP) is 0.637. The van der Waals surface area contributed by atoms with Gasteiger partial charge in [0.2, 0.25) is 5.88 Å². The first-order valence-corrected chi connectivity index (χ1v) is 4.45. The van der Waals surface area contributed by atoms with E-state index < -0.39 is 0 Å². The smallest absolute Gasteiger partial charge is 0.216 e. The Bertz CT molecular complexity index is 252. The lowest BCUT2D eigenvalue weighted by Gasteiger charge is -2.03. The molecule has 1 N–H and O–H groups in total. The van der Waals surface area contributed by atoms with Crippen LogP contribution in [-0.2, 0) is 6.42 Å². The molecule has 0 aliphatic rings. The van der Waals surface area contributed by atoms with Gasteiger partial charge in [-0.1, -0.05) is 0 Å². The molecule has 0 atom stereocenters. The van der Waals surface area contributed by atoms with Gasteiger partial charge in [-0.3, -0.25) is 0 Å². The summed E-state index contributed by atoms with van der Waals surface area (Å²) in [6, 6.07) is 1.88. The van der Waals surface area contributed by atoms with Crippen LogP contribution in [0.4, 0.5) is 0 Å². The minimum absolute atomic E-state index is 0.641. The van der Waals surface area contributed by atoms with E-state index in [1.807, 2.05) is 20.0 Å². The third-order valence-corrected chi connectivity index (χ3v) is 1.62. The predicted molar refractivity (Wildman–Crippen MR) is 50.8 cm³/mol. The average molecular weight is 181 g/mol. The van der Waals surface area contributed by atoms with Crippen LogP contribution in [-0.4, -0.2) is 30.2 Å². The molecule has 0 aromatic carbocycles. The van der Waals surface area contributed by atoms with Crippen LogP contribution in [0.15, 0.2) is 12.4 Å². The fourth-order valence-electron chi connectivity index (χ4n) is 0.994. The molecule has 0 radical (unpaired) electrons. The Labute approximate surface area is 78.4 Å². The van der Waals surface area contributed by atoms with Crippen molar-refractivity contribution < 1.29 is 4.74 Å². The summed E-state index contributed by atoms with van der Waals surface area (Å²) in [6.45, 7) is 3.50. The highest BCUT2D eigenvalue weighted by Gasteiger charge is 1.97. The van der Waals surface area contributed by atoms with Crippen LogP contribution in [0.5, 0.6) is 5.88 Å². The zero-order valence-electron chi connectivity index (χ0n) is 8.08. The molecule has 1 rings (SSSR count). The van der Waals surface area contributed by atoms with E-state index in [9.17, 15) is 0 Å². The van der Waals surface area contributed by atoms with Crippen LogP contribution >= 0.6 is 0 Å².